The Hall–Kier alpha value is -5.24. The van der Waals surface area contributed by atoms with Crippen molar-refractivity contribution < 1.29 is 23.9 Å². The largest absolute Gasteiger partial charge is 0.453 e. The number of imidazole rings is 2. The van der Waals surface area contributed by atoms with Crippen molar-refractivity contribution in [2.75, 3.05) is 33.3 Å². The Morgan fingerprint density at radius 3 is 1.79 bits per heavy atom. The highest BCUT2D eigenvalue weighted by Gasteiger charge is 2.18. The van der Waals surface area contributed by atoms with Crippen molar-refractivity contribution >= 4 is 57.7 Å². The summed E-state index contributed by atoms with van der Waals surface area (Å²) in [5.74, 6) is 0.973. The first-order valence-electron chi connectivity index (χ1n) is 15.4. The van der Waals surface area contributed by atoms with Gasteiger partial charge in [-0.2, -0.15) is 0 Å². The van der Waals surface area contributed by atoms with E-state index >= 15 is 0 Å². The van der Waals surface area contributed by atoms with Gasteiger partial charge in [-0.15, -0.1) is 11.3 Å². The molecule has 0 aliphatic heterocycles. The molecule has 14 heteroatoms. The number of carbonyl (C=O) groups is 4. The first-order valence-corrected chi connectivity index (χ1v) is 16.3. The van der Waals surface area contributed by atoms with Crippen molar-refractivity contribution in [1.29, 1.82) is 0 Å². The lowest BCUT2D eigenvalue weighted by Crippen LogP contribution is -2.40. The maximum absolute atomic E-state index is 12.7. The van der Waals surface area contributed by atoms with Crippen LogP contribution in [0.1, 0.15) is 38.3 Å². The highest BCUT2D eigenvalue weighted by molar-refractivity contribution is 7.18. The fraction of sp³-hybridized carbons (Fsp3) is 0.333. The third-order valence-electron chi connectivity index (χ3n) is 7.52. The number of carbonyl (C=O) groups excluding carboxylic acids is 4. The molecule has 4 N–H and O–H groups in total. The molecule has 2 aromatic carbocycles. The number of H-pyrrole nitrogens is 2. The second kappa shape index (κ2) is 15.4. The molecule has 3 heterocycles. The number of rotatable bonds is 15. The quantitative estimate of drug-likeness (QED) is 0.121. The number of amides is 4. The number of alkyl carbamates (subject to hydrolysis) is 1. The summed E-state index contributed by atoms with van der Waals surface area (Å²) >= 11 is 1.67. The van der Waals surface area contributed by atoms with Gasteiger partial charge in [0.1, 0.15) is 18.2 Å². The minimum atomic E-state index is -0.649. The monoisotopic (exact) mass is 658 g/mol. The van der Waals surface area contributed by atoms with Crippen LogP contribution in [-0.4, -0.2) is 87.3 Å². The predicted molar refractivity (Wildman–Crippen MR) is 180 cm³/mol. The molecule has 4 amide bonds. The number of methoxy groups -OCH3 is 1. The number of ether oxygens (including phenoxy) is 1. The zero-order valence-electron chi connectivity index (χ0n) is 26.6. The average molecular weight is 659 g/mol. The summed E-state index contributed by atoms with van der Waals surface area (Å²) in [5, 5.41) is 4.88. The number of fused-ring (bicyclic) bond motifs is 2. The second-order valence-corrected chi connectivity index (χ2v) is 12.1. The summed E-state index contributed by atoms with van der Waals surface area (Å²) in [7, 11) is 1.26. The van der Waals surface area contributed by atoms with Gasteiger partial charge in [-0.3, -0.25) is 14.4 Å². The molecule has 0 saturated carbocycles. The van der Waals surface area contributed by atoms with Gasteiger partial charge in [-0.1, -0.05) is 26.0 Å². The lowest BCUT2D eigenvalue weighted by Gasteiger charge is -2.21. The Balaban J connectivity index is 1.30. The fourth-order valence-corrected chi connectivity index (χ4v) is 6.29. The van der Waals surface area contributed by atoms with Gasteiger partial charge in [0, 0.05) is 22.8 Å². The van der Waals surface area contributed by atoms with Gasteiger partial charge in [0.2, 0.25) is 18.2 Å². The minimum Gasteiger partial charge on any atom is -0.453 e. The number of aromatic nitrogens is 4. The number of benzene rings is 2. The van der Waals surface area contributed by atoms with E-state index in [1.54, 1.807) is 21.1 Å². The van der Waals surface area contributed by atoms with Gasteiger partial charge in [0.05, 0.1) is 48.8 Å². The lowest BCUT2D eigenvalue weighted by molar-refractivity contribution is -0.132. The summed E-state index contributed by atoms with van der Waals surface area (Å²) < 4.78 is 4.56. The van der Waals surface area contributed by atoms with Crippen molar-refractivity contribution in [2.24, 2.45) is 0 Å². The van der Waals surface area contributed by atoms with E-state index in [0.29, 0.717) is 44.2 Å². The molecule has 0 saturated heterocycles. The normalized spacial score (nSPS) is 11.0. The van der Waals surface area contributed by atoms with E-state index in [9.17, 15) is 19.2 Å². The summed E-state index contributed by atoms with van der Waals surface area (Å²) in [6.45, 7) is 5.53. The maximum atomic E-state index is 12.7. The van der Waals surface area contributed by atoms with Crippen molar-refractivity contribution in [3.05, 3.63) is 60.2 Å². The smallest absolute Gasteiger partial charge is 0.407 e. The Labute approximate surface area is 275 Å². The molecule has 0 bridgehead atoms. The topological polar surface area (TPSA) is 165 Å². The molecule has 0 atom stereocenters. The molecule has 47 heavy (non-hydrogen) atoms. The van der Waals surface area contributed by atoms with Crippen LogP contribution in [0.25, 0.3) is 42.9 Å². The summed E-state index contributed by atoms with van der Waals surface area (Å²) in [6.07, 6.45) is 1.44. The molecule has 0 radical (unpaired) electrons. The van der Waals surface area contributed by atoms with E-state index in [1.165, 1.54) is 7.11 Å². The van der Waals surface area contributed by atoms with Crippen molar-refractivity contribution in [2.45, 2.75) is 39.8 Å². The second-order valence-electron chi connectivity index (χ2n) is 11.0. The van der Waals surface area contributed by atoms with Crippen LogP contribution in [-0.2, 0) is 32.2 Å². The van der Waals surface area contributed by atoms with Crippen molar-refractivity contribution in [3.8, 4) is 20.9 Å². The SMILES string of the molecule is CCCN(Cc1nc2ccc(-c3ccc(-c4ccc5nc(CN(CCC)C(=O)CNC(=O)OC)[nH]c5c4)s3)cc2[nH]1)C(=O)CNC=O. The van der Waals surface area contributed by atoms with E-state index in [-0.39, 0.29) is 24.9 Å². The highest BCUT2D eigenvalue weighted by Crippen LogP contribution is 2.36. The van der Waals surface area contributed by atoms with Crippen LogP contribution >= 0.6 is 11.3 Å². The van der Waals surface area contributed by atoms with E-state index < -0.39 is 6.09 Å². The molecule has 5 rings (SSSR count). The third kappa shape index (κ3) is 8.14. The number of nitrogens with one attached hydrogen (secondary N) is 4. The molecule has 0 aliphatic carbocycles. The zero-order valence-corrected chi connectivity index (χ0v) is 27.4. The molecule has 13 nitrogen and oxygen atoms in total. The van der Waals surface area contributed by atoms with Gasteiger partial charge in [-0.05, 0) is 60.4 Å². The van der Waals surface area contributed by atoms with Crippen LogP contribution in [0.4, 0.5) is 4.79 Å². The van der Waals surface area contributed by atoms with Gasteiger partial charge < -0.3 is 35.1 Å². The van der Waals surface area contributed by atoms with E-state index in [4.69, 9.17) is 4.98 Å². The van der Waals surface area contributed by atoms with Crippen LogP contribution in [0.15, 0.2) is 48.5 Å². The molecule has 0 fully saturated rings. The maximum Gasteiger partial charge on any atom is 0.407 e. The molecule has 3 aromatic heterocycles. The van der Waals surface area contributed by atoms with Crippen LogP contribution in [0.3, 0.4) is 0 Å². The number of aromatic amines is 2. The first-order chi connectivity index (χ1) is 22.8. The van der Waals surface area contributed by atoms with Crippen LogP contribution in [0.5, 0.6) is 0 Å². The fourth-order valence-electron chi connectivity index (χ4n) is 5.29. The Bertz CT molecular complexity index is 1880. The number of thiophene rings is 1. The van der Waals surface area contributed by atoms with Gasteiger partial charge in [0.25, 0.3) is 0 Å². The molecule has 246 valence electrons. The molecular weight excluding hydrogens is 620 g/mol. The van der Waals surface area contributed by atoms with Crippen molar-refractivity contribution in [1.82, 2.24) is 40.4 Å². The van der Waals surface area contributed by atoms with Crippen LogP contribution in [0, 0.1) is 0 Å². The summed E-state index contributed by atoms with van der Waals surface area (Å²) in [4.78, 5) is 68.9. The standard InChI is InChI=1S/C33H38N8O5S/c1-4-12-40(31(43)16-34-20-42)18-29-36-23-8-6-21(14-25(23)38-29)27-10-11-28(47-27)22-7-9-24-26(15-22)39-30(37-24)19-41(13-5-2)32(44)17-35-33(45)46-3/h6-11,14-15,20H,4-5,12-13,16-19H2,1-3H3,(H,34,42)(H,35,45)(H,36,38)(H,37,39). The molecule has 0 aliphatic rings. The van der Waals surface area contributed by atoms with E-state index in [0.717, 1.165) is 55.8 Å². The summed E-state index contributed by atoms with van der Waals surface area (Å²) in [6, 6.07) is 16.3. The van der Waals surface area contributed by atoms with E-state index in [2.05, 4.69) is 54.6 Å². The van der Waals surface area contributed by atoms with Crippen LogP contribution in [0.2, 0.25) is 0 Å². The number of nitrogens with zero attached hydrogens (tertiary/aromatic N) is 4. The molecular formula is C33H38N8O5S. The molecule has 5 aromatic rings. The van der Waals surface area contributed by atoms with Gasteiger partial charge in [0.15, 0.2) is 0 Å². The predicted octanol–water partition coefficient (Wildman–Crippen LogP) is 4.41. The molecule has 0 unspecified atom stereocenters. The Kier molecular flexibility index (Phi) is 10.8. The third-order valence-corrected chi connectivity index (χ3v) is 8.70. The zero-order chi connectivity index (χ0) is 33.3. The Morgan fingerprint density at radius 1 is 0.809 bits per heavy atom. The minimum absolute atomic E-state index is 0.0424. The highest BCUT2D eigenvalue weighted by atomic mass is 32.1. The van der Waals surface area contributed by atoms with Gasteiger partial charge in [-0.25, -0.2) is 14.8 Å². The summed E-state index contributed by atoms with van der Waals surface area (Å²) in [5.41, 5.74) is 5.46. The first kappa shape index (κ1) is 33.1. The number of hydrogen-bond acceptors (Lipinski definition) is 8. The van der Waals surface area contributed by atoms with Crippen LogP contribution < -0.4 is 10.6 Å². The van der Waals surface area contributed by atoms with Gasteiger partial charge >= 0.3 is 6.09 Å². The Morgan fingerprint density at radius 2 is 1.32 bits per heavy atom. The van der Waals surface area contributed by atoms with E-state index in [1.807, 2.05) is 38.1 Å². The molecule has 0 spiro atoms. The lowest BCUT2D eigenvalue weighted by atomic mass is 10.1. The average Bonchev–Trinajstić information content (AvgIpc) is 3.82. The van der Waals surface area contributed by atoms with Crippen molar-refractivity contribution in [3.63, 3.8) is 0 Å². The number of hydrogen-bond donors (Lipinski definition) is 4.